The van der Waals surface area contributed by atoms with Crippen molar-refractivity contribution < 1.29 is 19.2 Å². The third kappa shape index (κ3) is 2.51. The van der Waals surface area contributed by atoms with E-state index in [0.29, 0.717) is 0 Å². The second-order valence-corrected chi connectivity index (χ2v) is 2.65. The Balaban J connectivity index is 3.07. The van der Waals surface area contributed by atoms with Gasteiger partial charge in [-0.25, -0.2) is 4.39 Å². The van der Waals surface area contributed by atoms with Crippen LogP contribution in [0.1, 0.15) is 5.56 Å². The summed E-state index contributed by atoms with van der Waals surface area (Å²) in [6.45, 7) is 0. The van der Waals surface area contributed by atoms with Gasteiger partial charge in [0, 0.05) is 6.07 Å². The maximum absolute atomic E-state index is 12.7. The molecule has 74 valence electrons. The molecule has 0 spiro atoms. The molecule has 0 aromatic heterocycles. The lowest BCUT2D eigenvalue weighted by atomic mass is 10.1. The molecule has 0 heterocycles. The van der Waals surface area contributed by atoms with Crippen LogP contribution in [-0.4, -0.2) is 16.0 Å². The maximum Gasteiger partial charge on any atom is 0.307 e. The zero-order chi connectivity index (χ0) is 10.7. The molecule has 0 aliphatic heterocycles. The van der Waals surface area contributed by atoms with Crippen LogP contribution >= 0.6 is 0 Å². The fourth-order valence-electron chi connectivity index (χ4n) is 1.02. The van der Waals surface area contributed by atoms with E-state index >= 15 is 0 Å². The molecule has 0 saturated carbocycles. The Morgan fingerprint density at radius 2 is 2.14 bits per heavy atom. The molecule has 0 saturated heterocycles. The highest BCUT2D eigenvalue weighted by Crippen LogP contribution is 2.16. The van der Waals surface area contributed by atoms with Gasteiger partial charge >= 0.3 is 5.97 Å². The summed E-state index contributed by atoms with van der Waals surface area (Å²) in [7, 11) is 0. The van der Waals surface area contributed by atoms with Gasteiger partial charge in [-0.15, -0.1) is 0 Å². The Morgan fingerprint density at radius 3 is 2.64 bits per heavy atom. The van der Waals surface area contributed by atoms with Gasteiger partial charge in [-0.3, -0.25) is 14.9 Å². The number of rotatable bonds is 3. The summed E-state index contributed by atoms with van der Waals surface area (Å²) < 4.78 is 12.7. The Morgan fingerprint density at radius 1 is 1.50 bits per heavy atom. The van der Waals surface area contributed by atoms with Crippen molar-refractivity contribution in [2.24, 2.45) is 0 Å². The summed E-state index contributed by atoms with van der Waals surface area (Å²) >= 11 is 0. The minimum Gasteiger partial charge on any atom is -0.481 e. The van der Waals surface area contributed by atoms with Gasteiger partial charge in [0.15, 0.2) is 0 Å². The van der Waals surface area contributed by atoms with Crippen LogP contribution in [-0.2, 0) is 11.2 Å². The minimum absolute atomic E-state index is 0.0733. The first kappa shape index (κ1) is 10.1. The number of hydrogen-bond donors (Lipinski definition) is 1. The quantitative estimate of drug-likeness (QED) is 0.588. The molecule has 0 fully saturated rings. The van der Waals surface area contributed by atoms with Crippen molar-refractivity contribution in [3.63, 3.8) is 0 Å². The predicted molar refractivity (Wildman–Crippen MR) is 44.4 cm³/mol. The lowest BCUT2D eigenvalue weighted by molar-refractivity contribution is -0.385. The van der Waals surface area contributed by atoms with Crippen molar-refractivity contribution in [1.29, 1.82) is 0 Å². The minimum atomic E-state index is -1.16. The first-order valence-corrected chi connectivity index (χ1v) is 3.64. The number of carboxylic acids is 1. The molecule has 0 aliphatic carbocycles. The van der Waals surface area contributed by atoms with E-state index in [0.717, 1.165) is 18.2 Å². The van der Waals surface area contributed by atoms with Crippen molar-refractivity contribution in [2.45, 2.75) is 6.42 Å². The molecule has 1 rings (SSSR count). The lowest BCUT2D eigenvalue weighted by Gasteiger charge is -1.97. The summed E-state index contributed by atoms with van der Waals surface area (Å²) in [5, 5.41) is 18.7. The van der Waals surface area contributed by atoms with E-state index in [-0.39, 0.29) is 5.56 Å². The molecule has 1 aromatic carbocycles. The van der Waals surface area contributed by atoms with Gasteiger partial charge in [0.25, 0.3) is 5.69 Å². The molecule has 0 unspecified atom stereocenters. The van der Waals surface area contributed by atoms with Crippen molar-refractivity contribution in [1.82, 2.24) is 0 Å². The second kappa shape index (κ2) is 3.82. The van der Waals surface area contributed by atoms with Crippen LogP contribution in [0.5, 0.6) is 0 Å². The number of aliphatic carboxylic acids is 1. The molecule has 1 aromatic rings. The van der Waals surface area contributed by atoms with Crippen LogP contribution in [0.15, 0.2) is 18.2 Å². The number of nitro benzene ring substituents is 1. The van der Waals surface area contributed by atoms with E-state index in [1.165, 1.54) is 0 Å². The number of hydrogen-bond acceptors (Lipinski definition) is 3. The highest BCUT2D eigenvalue weighted by molar-refractivity contribution is 5.70. The normalized spacial score (nSPS) is 9.79. The van der Waals surface area contributed by atoms with E-state index in [1.54, 1.807) is 0 Å². The second-order valence-electron chi connectivity index (χ2n) is 2.65. The van der Waals surface area contributed by atoms with E-state index < -0.39 is 28.8 Å². The van der Waals surface area contributed by atoms with Gasteiger partial charge in [0.05, 0.1) is 17.4 Å². The predicted octanol–water partition coefficient (Wildman–Crippen LogP) is 1.36. The third-order valence-electron chi connectivity index (χ3n) is 1.51. The summed E-state index contributed by atoms with van der Waals surface area (Å²) in [4.78, 5) is 19.8. The molecule has 0 radical (unpaired) electrons. The molecule has 0 atom stereocenters. The van der Waals surface area contributed by atoms with Crippen molar-refractivity contribution in [3.8, 4) is 0 Å². The number of carbonyl (C=O) groups is 1. The average Bonchev–Trinajstić information content (AvgIpc) is 2.01. The molecule has 1 N–H and O–H groups in total. The summed E-state index contributed by atoms with van der Waals surface area (Å²) in [5.41, 5.74) is -0.370. The van der Waals surface area contributed by atoms with Gasteiger partial charge in [0.2, 0.25) is 0 Å². The molecule has 0 bridgehead atoms. The summed E-state index contributed by atoms with van der Waals surface area (Å²) in [5.74, 6) is -1.97. The van der Waals surface area contributed by atoms with Crippen LogP contribution in [0.2, 0.25) is 0 Å². The molecule has 5 nitrogen and oxygen atoms in total. The van der Waals surface area contributed by atoms with E-state index in [2.05, 4.69) is 0 Å². The van der Waals surface area contributed by atoms with Gasteiger partial charge in [-0.05, 0) is 11.6 Å². The topological polar surface area (TPSA) is 80.4 Å². The van der Waals surface area contributed by atoms with Crippen LogP contribution in [0.4, 0.5) is 10.1 Å². The molecule has 14 heavy (non-hydrogen) atoms. The SMILES string of the molecule is O=C(O)Cc1cc(F)cc([N+](=O)[O-])c1. The fourth-order valence-corrected chi connectivity index (χ4v) is 1.02. The highest BCUT2D eigenvalue weighted by atomic mass is 19.1. The van der Waals surface area contributed by atoms with Crippen LogP contribution in [0.25, 0.3) is 0 Å². The zero-order valence-electron chi connectivity index (χ0n) is 6.94. The van der Waals surface area contributed by atoms with Crippen molar-refractivity contribution >= 4 is 11.7 Å². The molecular weight excluding hydrogens is 193 g/mol. The number of halogens is 1. The zero-order valence-corrected chi connectivity index (χ0v) is 6.94. The lowest BCUT2D eigenvalue weighted by Crippen LogP contribution is -2.01. The summed E-state index contributed by atoms with van der Waals surface area (Å²) in [6.07, 6.45) is -0.432. The number of nitro groups is 1. The van der Waals surface area contributed by atoms with Crippen LogP contribution in [0.3, 0.4) is 0 Å². The van der Waals surface area contributed by atoms with Crippen molar-refractivity contribution in [2.75, 3.05) is 0 Å². The smallest absolute Gasteiger partial charge is 0.307 e. The van der Waals surface area contributed by atoms with Gasteiger partial charge in [-0.2, -0.15) is 0 Å². The van der Waals surface area contributed by atoms with Gasteiger partial charge < -0.3 is 5.11 Å². The number of non-ortho nitro benzene ring substituents is 1. The van der Waals surface area contributed by atoms with Gasteiger partial charge in [0.1, 0.15) is 5.82 Å². The van der Waals surface area contributed by atoms with Gasteiger partial charge in [-0.1, -0.05) is 0 Å². The number of benzene rings is 1. The number of carboxylic acid groups (broad SMARTS) is 1. The van der Waals surface area contributed by atoms with E-state index in [4.69, 9.17) is 5.11 Å². The molecule has 0 amide bonds. The molecular formula is C8H6FNO4. The standard InChI is InChI=1S/C8H6FNO4/c9-6-1-5(3-8(11)12)2-7(4-6)10(13)14/h1-2,4H,3H2,(H,11,12). The Hall–Kier alpha value is -1.98. The average molecular weight is 199 g/mol. The Kier molecular flexibility index (Phi) is 2.76. The fraction of sp³-hybridized carbons (Fsp3) is 0.125. The first-order valence-electron chi connectivity index (χ1n) is 3.64. The summed E-state index contributed by atoms with van der Waals surface area (Å²) in [6, 6.07) is 2.74. The van der Waals surface area contributed by atoms with Crippen LogP contribution in [0, 0.1) is 15.9 Å². The first-order chi connectivity index (χ1) is 6.49. The van der Waals surface area contributed by atoms with Crippen LogP contribution < -0.4 is 0 Å². The van der Waals surface area contributed by atoms with Crippen molar-refractivity contribution in [3.05, 3.63) is 39.7 Å². The molecule has 6 heteroatoms. The molecule has 0 aliphatic rings. The number of nitrogens with zero attached hydrogens (tertiary/aromatic N) is 1. The van der Waals surface area contributed by atoms with E-state index in [9.17, 15) is 19.3 Å². The third-order valence-corrected chi connectivity index (χ3v) is 1.51. The maximum atomic E-state index is 12.7. The Bertz CT molecular complexity index is 391. The monoisotopic (exact) mass is 199 g/mol. The largest absolute Gasteiger partial charge is 0.481 e. The Labute approximate surface area is 77.9 Å². The van der Waals surface area contributed by atoms with E-state index in [1.807, 2.05) is 0 Å². The highest BCUT2D eigenvalue weighted by Gasteiger charge is 2.11.